The molecule has 0 aromatic carbocycles. The smallest absolute Gasteiger partial charge is 0.463 e. The van der Waals surface area contributed by atoms with Gasteiger partial charge >= 0.3 is 12.1 Å². The van der Waals surface area contributed by atoms with Gasteiger partial charge in [0.15, 0.2) is 0 Å². The number of halogens is 3. The van der Waals surface area contributed by atoms with Crippen LogP contribution in [0.25, 0.3) is 0 Å². The van der Waals surface area contributed by atoms with Crippen LogP contribution < -0.4 is 0 Å². The summed E-state index contributed by atoms with van der Waals surface area (Å²) in [5.41, 5.74) is 0.892. The maximum absolute atomic E-state index is 12.4. The summed E-state index contributed by atoms with van der Waals surface area (Å²) < 4.78 is 42.6. The molecule has 1 aromatic heterocycles. The van der Waals surface area contributed by atoms with Crippen molar-refractivity contribution in [2.24, 2.45) is 0 Å². The fourth-order valence-corrected chi connectivity index (χ4v) is 2.12. The molecule has 2 heterocycles. The van der Waals surface area contributed by atoms with Gasteiger partial charge in [0.2, 0.25) is 0 Å². The van der Waals surface area contributed by atoms with Gasteiger partial charge < -0.3 is 14.2 Å². The van der Waals surface area contributed by atoms with E-state index in [4.69, 9.17) is 4.42 Å². The molecule has 4 nitrogen and oxygen atoms in total. The van der Waals surface area contributed by atoms with Gasteiger partial charge in [-0.25, -0.2) is 0 Å². The molecule has 0 atom stereocenters. The van der Waals surface area contributed by atoms with Crippen LogP contribution in [0.1, 0.15) is 17.1 Å². The first kappa shape index (κ1) is 13.9. The molecule has 0 radical (unpaired) electrons. The number of amides is 1. The topological polar surface area (TPSA) is 36.7 Å². The van der Waals surface area contributed by atoms with Crippen molar-refractivity contribution in [3.63, 3.8) is 0 Å². The van der Waals surface area contributed by atoms with Gasteiger partial charge in [0.25, 0.3) is 0 Å². The molecule has 106 valence electrons. The van der Waals surface area contributed by atoms with Crippen molar-refractivity contribution in [1.29, 1.82) is 0 Å². The lowest BCUT2D eigenvalue weighted by Gasteiger charge is -2.26. The molecule has 1 aromatic rings. The zero-order chi connectivity index (χ0) is 14.2. The van der Waals surface area contributed by atoms with Crippen LogP contribution in [0.4, 0.5) is 13.2 Å². The second-order valence-electron chi connectivity index (χ2n) is 4.87. The second kappa shape index (κ2) is 4.88. The maximum Gasteiger partial charge on any atom is 0.471 e. The number of hydrogen-bond acceptors (Lipinski definition) is 3. The van der Waals surface area contributed by atoms with Gasteiger partial charge in [-0.1, -0.05) is 0 Å². The average Bonchev–Trinajstić information content (AvgIpc) is 2.66. The molecule has 0 unspecified atom stereocenters. The Balaban J connectivity index is 2.11. The molecule has 0 spiro atoms. The van der Waals surface area contributed by atoms with Gasteiger partial charge in [-0.2, -0.15) is 13.2 Å². The number of hydrogen-bond donors (Lipinski definition) is 0. The molecule has 0 N–H and O–H groups in total. The summed E-state index contributed by atoms with van der Waals surface area (Å²) in [6.45, 7) is 0.549. The Bertz CT molecular complexity index is 480. The number of furan rings is 1. The van der Waals surface area contributed by atoms with E-state index in [1.54, 1.807) is 0 Å². The molecular formula is C12H15F3N2O2. The van der Waals surface area contributed by atoms with Crippen LogP contribution in [-0.4, -0.2) is 42.5 Å². The van der Waals surface area contributed by atoms with Crippen LogP contribution in [-0.2, 0) is 24.3 Å². The SMILES string of the molecule is CN(C)Cc1cc2c(o1)CN(C(=O)C(F)(F)F)CC2. The third kappa shape index (κ3) is 3.09. The maximum atomic E-state index is 12.4. The third-order valence-electron chi connectivity index (χ3n) is 2.93. The minimum Gasteiger partial charge on any atom is -0.463 e. The molecule has 0 fully saturated rings. The minimum atomic E-state index is -4.82. The highest BCUT2D eigenvalue weighted by atomic mass is 19.4. The van der Waals surface area contributed by atoms with Gasteiger partial charge in [0, 0.05) is 6.54 Å². The molecule has 0 saturated heterocycles. The van der Waals surface area contributed by atoms with Crippen molar-refractivity contribution >= 4 is 5.91 Å². The molecule has 1 amide bonds. The fraction of sp³-hybridized carbons (Fsp3) is 0.583. The third-order valence-corrected chi connectivity index (χ3v) is 2.93. The summed E-state index contributed by atoms with van der Waals surface area (Å²) in [4.78, 5) is 13.9. The van der Waals surface area contributed by atoms with Gasteiger partial charge in [0.05, 0.1) is 13.1 Å². The van der Waals surface area contributed by atoms with Crippen LogP contribution in [0.3, 0.4) is 0 Å². The van der Waals surface area contributed by atoms with Crippen LogP contribution in [0.2, 0.25) is 0 Å². The van der Waals surface area contributed by atoms with E-state index in [1.165, 1.54) is 0 Å². The highest BCUT2D eigenvalue weighted by Gasteiger charge is 2.43. The quantitative estimate of drug-likeness (QED) is 0.826. The number of carbonyl (C=O) groups excluding carboxylic acids is 1. The molecule has 2 rings (SSSR count). The summed E-state index contributed by atoms with van der Waals surface area (Å²) in [5, 5.41) is 0. The van der Waals surface area contributed by atoms with Gasteiger partial charge in [-0.05, 0) is 32.1 Å². The molecule has 0 aliphatic carbocycles. The molecule has 7 heteroatoms. The number of alkyl halides is 3. The van der Waals surface area contributed by atoms with Gasteiger partial charge in [0.1, 0.15) is 11.5 Å². The Hall–Kier alpha value is -1.50. The molecular weight excluding hydrogens is 261 g/mol. The Morgan fingerprint density at radius 1 is 1.47 bits per heavy atom. The average molecular weight is 276 g/mol. The summed E-state index contributed by atoms with van der Waals surface area (Å²) in [7, 11) is 3.75. The Labute approximate surface area is 108 Å². The van der Waals surface area contributed by atoms with Gasteiger partial charge in [-0.3, -0.25) is 4.79 Å². The lowest BCUT2D eigenvalue weighted by molar-refractivity contribution is -0.186. The van der Waals surface area contributed by atoms with Crippen molar-refractivity contribution in [1.82, 2.24) is 9.80 Å². The summed E-state index contributed by atoms with van der Waals surface area (Å²) in [6.07, 6.45) is -4.43. The van der Waals surface area contributed by atoms with Gasteiger partial charge in [-0.15, -0.1) is 0 Å². The van der Waals surface area contributed by atoms with Crippen molar-refractivity contribution < 1.29 is 22.4 Å². The van der Waals surface area contributed by atoms with E-state index < -0.39 is 12.1 Å². The van der Waals surface area contributed by atoms with Crippen molar-refractivity contribution in [3.05, 3.63) is 23.2 Å². The van der Waals surface area contributed by atoms with Crippen LogP contribution in [0.15, 0.2) is 10.5 Å². The number of rotatable bonds is 2. The van der Waals surface area contributed by atoms with E-state index >= 15 is 0 Å². The Kier molecular flexibility index (Phi) is 3.58. The number of carbonyl (C=O) groups is 1. The molecule has 0 bridgehead atoms. The Morgan fingerprint density at radius 2 is 2.16 bits per heavy atom. The second-order valence-corrected chi connectivity index (χ2v) is 4.87. The zero-order valence-electron chi connectivity index (χ0n) is 10.8. The molecule has 19 heavy (non-hydrogen) atoms. The zero-order valence-corrected chi connectivity index (χ0v) is 10.8. The monoisotopic (exact) mass is 276 g/mol. The van der Waals surface area contributed by atoms with E-state index in [0.717, 1.165) is 10.5 Å². The van der Waals surface area contributed by atoms with E-state index in [1.807, 2.05) is 25.1 Å². The minimum absolute atomic E-state index is 0.0757. The lowest BCUT2D eigenvalue weighted by atomic mass is 10.1. The first-order valence-corrected chi connectivity index (χ1v) is 5.88. The standard InChI is InChI=1S/C12H15F3N2O2/c1-16(2)6-9-5-8-3-4-17(7-10(8)19-9)11(18)12(13,14)15/h5H,3-4,6-7H2,1-2H3. The predicted molar refractivity (Wildman–Crippen MR) is 61.3 cm³/mol. The molecule has 1 aliphatic rings. The van der Waals surface area contributed by atoms with Crippen molar-refractivity contribution in [2.45, 2.75) is 25.7 Å². The van der Waals surface area contributed by atoms with E-state index in [9.17, 15) is 18.0 Å². The van der Waals surface area contributed by atoms with Crippen molar-refractivity contribution in [3.8, 4) is 0 Å². The van der Waals surface area contributed by atoms with Crippen LogP contribution in [0, 0.1) is 0 Å². The first-order chi connectivity index (χ1) is 8.77. The first-order valence-electron chi connectivity index (χ1n) is 5.88. The van der Waals surface area contributed by atoms with E-state index in [0.29, 0.717) is 24.5 Å². The normalized spacial score (nSPS) is 15.8. The van der Waals surface area contributed by atoms with E-state index in [2.05, 4.69) is 0 Å². The number of fused-ring (bicyclic) bond motifs is 1. The largest absolute Gasteiger partial charge is 0.471 e. The molecule has 0 saturated carbocycles. The lowest BCUT2D eigenvalue weighted by Crippen LogP contribution is -2.43. The fourth-order valence-electron chi connectivity index (χ4n) is 2.12. The Morgan fingerprint density at radius 3 is 2.74 bits per heavy atom. The number of nitrogens with zero attached hydrogens (tertiary/aromatic N) is 2. The molecule has 1 aliphatic heterocycles. The van der Waals surface area contributed by atoms with Crippen molar-refractivity contribution in [2.75, 3.05) is 20.6 Å². The summed E-state index contributed by atoms with van der Waals surface area (Å²) >= 11 is 0. The summed E-state index contributed by atoms with van der Waals surface area (Å²) in [6, 6.07) is 1.85. The van der Waals surface area contributed by atoms with Crippen LogP contribution in [0.5, 0.6) is 0 Å². The van der Waals surface area contributed by atoms with Crippen LogP contribution >= 0.6 is 0 Å². The summed E-state index contributed by atoms with van der Waals surface area (Å²) in [5.74, 6) is -0.638. The van der Waals surface area contributed by atoms with E-state index in [-0.39, 0.29) is 13.1 Å². The highest BCUT2D eigenvalue weighted by Crippen LogP contribution is 2.27. The predicted octanol–water partition coefficient (Wildman–Crippen LogP) is 1.79. The highest BCUT2D eigenvalue weighted by molar-refractivity contribution is 5.82.